The summed E-state index contributed by atoms with van der Waals surface area (Å²) in [5.74, 6) is -0.915. The standard InChI is InChI=1S/C23H21ClFN3O5S2/c1-2-11-27(35(32,33)20-9-10-21(24)22(13-20)28(30)31)16-23(29)26(15-19-4-3-12-34-19)14-17-5-7-18(25)8-6-17/h2-10,12-13H,1,11,14-16H2. The van der Waals surface area contributed by atoms with Crippen molar-refractivity contribution in [3.05, 3.63) is 104 Å². The highest BCUT2D eigenvalue weighted by molar-refractivity contribution is 7.89. The molecule has 0 radical (unpaired) electrons. The van der Waals surface area contributed by atoms with E-state index in [1.165, 1.54) is 34.4 Å². The van der Waals surface area contributed by atoms with E-state index in [1.54, 1.807) is 12.1 Å². The number of rotatable bonds is 11. The summed E-state index contributed by atoms with van der Waals surface area (Å²) in [4.78, 5) is 25.7. The predicted molar refractivity (Wildman–Crippen MR) is 132 cm³/mol. The van der Waals surface area contributed by atoms with Crippen molar-refractivity contribution in [3.63, 3.8) is 0 Å². The van der Waals surface area contributed by atoms with E-state index >= 15 is 0 Å². The summed E-state index contributed by atoms with van der Waals surface area (Å²) in [5, 5.41) is 12.9. The molecule has 0 saturated heterocycles. The molecule has 1 aromatic heterocycles. The van der Waals surface area contributed by atoms with Crippen molar-refractivity contribution in [1.82, 2.24) is 9.21 Å². The van der Waals surface area contributed by atoms with E-state index in [2.05, 4.69) is 6.58 Å². The Labute approximate surface area is 211 Å². The smallest absolute Gasteiger partial charge is 0.289 e. The molecular weight excluding hydrogens is 517 g/mol. The van der Waals surface area contributed by atoms with Gasteiger partial charge in [0.25, 0.3) is 5.69 Å². The van der Waals surface area contributed by atoms with Crippen molar-refractivity contribution in [2.45, 2.75) is 18.0 Å². The third kappa shape index (κ3) is 6.73. The van der Waals surface area contributed by atoms with Crippen molar-refractivity contribution in [2.75, 3.05) is 13.1 Å². The molecule has 184 valence electrons. The number of amides is 1. The van der Waals surface area contributed by atoms with Crippen LogP contribution >= 0.6 is 22.9 Å². The van der Waals surface area contributed by atoms with Crippen LogP contribution in [0.25, 0.3) is 0 Å². The fourth-order valence-electron chi connectivity index (χ4n) is 3.22. The van der Waals surface area contributed by atoms with Crippen LogP contribution in [-0.4, -0.2) is 41.5 Å². The van der Waals surface area contributed by atoms with Gasteiger partial charge in [0.2, 0.25) is 15.9 Å². The van der Waals surface area contributed by atoms with E-state index in [-0.39, 0.29) is 29.6 Å². The molecule has 0 aliphatic carbocycles. The fourth-order valence-corrected chi connectivity index (χ4v) is 5.50. The van der Waals surface area contributed by atoms with Gasteiger partial charge in [-0.2, -0.15) is 4.31 Å². The molecule has 0 aliphatic heterocycles. The van der Waals surface area contributed by atoms with Crippen molar-refractivity contribution in [3.8, 4) is 0 Å². The lowest BCUT2D eigenvalue weighted by Crippen LogP contribution is -2.42. The molecule has 0 spiro atoms. The SMILES string of the molecule is C=CCN(CC(=O)N(Cc1ccc(F)cc1)Cc1cccs1)S(=O)(=O)c1ccc(Cl)c([N+](=O)[O-])c1. The lowest BCUT2D eigenvalue weighted by atomic mass is 10.2. The summed E-state index contributed by atoms with van der Waals surface area (Å²) in [6.45, 7) is 3.19. The topological polar surface area (TPSA) is 101 Å². The Morgan fingerprint density at radius 3 is 2.49 bits per heavy atom. The molecule has 8 nitrogen and oxygen atoms in total. The Morgan fingerprint density at radius 1 is 1.17 bits per heavy atom. The lowest BCUT2D eigenvalue weighted by Gasteiger charge is -2.26. The van der Waals surface area contributed by atoms with Gasteiger partial charge in [-0.3, -0.25) is 14.9 Å². The van der Waals surface area contributed by atoms with Gasteiger partial charge in [-0.1, -0.05) is 35.9 Å². The zero-order valence-electron chi connectivity index (χ0n) is 18.3. The second-order valence-electron chi connectivity index (χ2n) is 7.41. The second-order valence-corrected chi connectivity index (χ2v) is 10.8. The number of halogens is 2. The van der Waals surface area contributed by atoms with Gasteiger partial charge < -0.3 is 4.90 Å². The van der Waals surface area contributed by atoms with Crippen LogP contribution in [0, 0.1) is 15.9 Å². The van der Waals surface area contributed by atoms with Gasteiger partial charge >= 0.3 is 0 Å². The van der Waals surface area contributed by atoms with Gasteiger partial charge in [-0.15, -0.1) is 17.9 Å². The van der Waals surface area contributed by atoms with E-state index in [0.717, 1.165) is 27.4 Å². The normalized spacial score (nSPS) is 11.4. The number of hydrogen-bond acceptors (Lipinski definition) is 6. The summed E-state index contributed by atoms with van der Waals surface area (Å²) in [7, 11) is -4.30. The monoisotopic (exact) mass is 537 g/mol. The minimum absolute atomic E-state index is 0.130. The first-order chi connectivity index (χ1) is 16.6. The van der Waals surface area contributed by atoms with E-state index < -0.39 is 38.9 Å². The Balaban J connectivity index is 1.89. The van der Waals surface area contributed by atoms with Gasteiger partial charge in [-0.05, 0) is 41.3 Å². The molecule has 3 aromatic rings. The molecule has 0 unspecified atom stereocenters. The minimum Gasteiger partial charge on any atom is -0.332 e. The maximum Gasteiger partial charge on any atom is 0.289 e. The molecule has 2 aromatic carbocycles. The van der Waals surface area contributed by atoms with Gasteiger partial charge in [0.05, 0.1) is 22.9 Å². The van der Waals surface area contributed by atoms with E-state index in [0.29, 0.717) is 5.56 Å². The van der Waals surface area contributed by atoms with Gasteiger partial charge in [-0.25, -0.2) is 12.8 Å². The molecule has 3 rings (SSSR count). The Hall–Kier alpha value is -3.12. The van der Waals surface area contributed by atoms with E-state index in [1.807, 2.05) is 17.5 Å². The van der Waals surface area contributed by atoms with Crippen molar-refractivity contribution in [2.24, 2.45) is 0 Å². The molecule has 12 heteroatoms. The molecule has 0 bridgehead atoms. The van der Waals surface area contributed by atoms with Crippen LogP contribution in [0.1, 0.15) is 10.4 Å². The van der Waals surface area contributed by atoms with Crippen molar-refractivity contribution < 1.29 is 22.5 Å². The number of benzene rings is 2. The maximum absolute atomic E-state index is 13.3. The number of hydrogen-bond donors (Lipinski definition) is 0. The molecular formula is C23H21ClFN3O5S2. The Bertz CT molecular complexity index is 1320. The zero-order chi connectivity index (χ0) is 25.6. The van der Waals surface area contributed by atoms with E-state index in [9.17, 15) is 27.7 Å². The van der Waals surface area contributed by atoms with Crippen LogP contribution in [0.3, 0.4) is 0 Å². The molecule has 0 saturated carbocycles. The number of nitrogens with zero attached hydrogens (tertiary/aromatic N) is 3. The highest BCUT2D eigenvalue weighted by Gasteiger charge is 2.30. The molecule has 0 N–H and O–H groups in total. The summed E-state index contributed by atoms with van der Waals surface area (Å²) in [5.41, 5.74) is 0.107. The van der Waals surface area contributed by atoms with Gasteiger partial charge in [0.1, 0.15) is 10.8 Å². The van der Waals surface area contributed by atoms with Crippen LogP contribution in [0.2, 0.25) is 5.02 Å². The lowest BCUT2D eigenvalue weighted by molar-refractivity contribution is -0.384. The van der Waals surface area contributed by atoms with Crippen molar-refractivity contribution >= 4 is 44.6 Å². The quantitative estimate of drug-likeness (QED) is 0.198. The number of carbonyl (C=O) groups excluding carboxylic acids is 1. The number of sulfonamides is 1. The predicted octanol–water partition coefficient (Wildman–Crippen LogP) is 4.85. The zero-order valence-corrected chi connectivity index (χ0v) is 20.7. The summed E-state index contributed by atoms with van der Waals surface area (Å²) < 4.78 is 40.8. The molecule has 1 heterocycles. The minimum atomic E-state index is -4.30. The maximum atomic E-state index is 13.3. The molecule has 0 aliphatic rings. The molecule has 0 fully saturated rings. The highest BCUT2D eigenvalue weighted by Crippen LogP contribution is 2.28. The van der Waals surface area contributed by atoms with Crippen LogP contribution in [0.15, 0.2) is 77.5 Å². The van der Waals surface area contributed by atoms with Crippen LogP contribution in [0.4, 0.5) is 10.1 Å². The molecule has 0 atom stereocenters. The first kappa shape index (κ1) is 26.5. The summed E-state index contributed by atoms with van der Waals surface area (Å²) in [6, 6.07) is 12.5. The van der Waals surface area contributed by atoms with Crippen LogP contribution in [-0.2, 0) is 27.9 Å². The second kappa shape index (κ2) is 11.5. The van der Waals surface area contributed by atoms with Crippen molar-refractivity contribution in [1.29, 1.82) is 0 Å². The largest absolute Gasteiger partial charge is 0.332 e. The average Bonchev–Trinajstić information content (AvgIpc) is 3.33. The first-order valence-corrected chi connectivity index (χ1v) is 12.9. The van der Waals surface area contributed by atoms with Crippen LogP contribution < -0.4 is 0 Å². The first-order valence-electron chi connectivity index (χ1n) is 10.2. The number of thiophene rings is 1. The van der Waals surface area contributed by atoms with Gasteiger partial charge in [0, 0.05) is 24.0 Å². The molecule has 1 amide bonds. The summed E-state index contributed by atoms with van der Waals surface area (Å²) >= 11 is 7.25. The van der Waals surface area contributed by atoms with E-state index in [4.69, 9.17) is 11.6 Å². The fraction of sp³-hybridized carbons (Fsp3) is 0.174. The molecule has 35 heavy (non-hydrogen) atoms. The Kier molecular flexibility index (Phi) is 8.73. The number of nitro benzene ring substituents is 1. The average molecular weight is 538 g/mol. The number of carbonyl (C=O) groups is 1. The summed E-state index contributed by atoms with van der Waals surface area (Å²) in [6.07, 6.45) is 1.32. The van der Waals surface area contributed by atoms with Gasteiger partial charge in [0.15, 0.2) is 0 Å². The van der Waals surface area contributed by atoms with Crippen LogP contribution in [0.5, 0.6) is 0 Å². The third-order valence-electron chi connectivity index (χ3n) is 4.96. The Morgan fingerprint density at radius 2 is 1.89 bits per heavy atom. The number of nitro groups is 1. The highest BCUT2D eigenvalue weighted by atomic mass is 35.5. The third-order valence-corrected chi connectivity index (χ3v) is 7.95.